The number of carbonyl (C=O) groups excluding carboxylic acids is 2. The van der Waals surface area contributed by atoms with Crippen LogP contribution >= 0.6 is 45.3 Å². The summed E-state index contributed by atoms with van der Waals surface area (Å²) in [7, 11) is 3.68. The fourth-order valence-electron chi connectivity index (χ4n) is 11.9. The molecule has 2 aliphatic heterocycles. The van der Waals surface area contributed by atoms with E-state index >= 15 is 0 Å². The number of rotatable bonds is 20. The van der Waals surface area contributed by atoms with Crippen molar-refractivity contribution in [3.05, 3.63) is 115 Å². The highest BCUT2D eigenvalue weighted by atomic mass is 32.1. The highest BCUT2D eigenvalue weighted by Gasteiger charge is 2.47. The van der Waals surface area contributed by atoms with Crippen molar-refractivity contribution in [1.29, 1.82) is 0 Å². The first-order valence-corrected chi connectivity index (χ1v) is 30.1. The molecule has 2 amide bonds. The van der Waals surface area contributed by atoms with Crippen LogP contribution in [0.15, 0.2) is 83.9 Å². The molecule has 8 aromatic rings. The maximum atomic E-state index is 14.4. The molecule has 370 valence electrons. The molecular weight excluding hydrogens is 945 g/mol. The van der Waals surface area contributed by atoms with Gasteiger partial charge in [-0.15, -0.1) is 45.3 Å². The van der Waals surface area contributed by atoms with Crippen LogP contribution in [0.5, 0.6) is 0 Å². The summed E-state index contributed by atoms with van der Waals surface area (Å²) < 4.78 is 2.74. The van der Waals surface area contributed by atoms with Crippen molar-refractivity contribution < 1.29 is 9.59 Å². The number of amides is 2. The lowest BCUT2D eigenvalue weighted by molar-refractivity contribution is -0.123. The summed E-state index contributed by atoms with van der Waals surface area (Å²) in [6, 6.07) is 27.9. The van der Waals surface area contributed by atoms with E-state index in [0.29, 0.717) is 11.1 Å². The molecule has 6 heterocycles. The van der Waals surface area contributed by atoms with E-state index in [1.165, 1.54) is 137 Å². The van der Waals surface area contributed by atoms with Gasteiger partial charge in [0.25, 0.3) is 11.8 Å². The zero-order chi connectivity index (χ0) is 49.9. The Morgan fingerprint density at radius 3 is 1.49 bits per heavy atom. The maximum absolute atomic E-state index is 14.4. The summed E-state index contributed by atoms with van der Waals surface area (Å²) in [6.07, 6.45) is 17.9. The van der Waals surface area contributed by atoms with E-state index in [9.17, 15) is 9.59 Å². The van der Waals surface area contributed by atoms with Crippen molar-refractivity contribution in [2.24, 2.45) is 0 Å². The Morgan fingerprint density at radius 2 is 0.887 bits per heavy atom. The first kappa shape index (κ1) is 50.0. The molecule has 0 N–H and O–H groups in total. The number of benzene rings is 4. The van der Waals surface area contributed by atoms with Crippen molar-refractivity contribution in [3.63, 3.8) is 0 Å². The van der Waals surface area contributed by atoms with Crippen LogP contribution in [0.2, 0.25) is 0 Å². The van der Waals surface area contributed by atoms with Crippen LogP contribution in [0, 0.1) is 0 Å². The number of carbonyl (C=O) groups is 2. The smallest absolute Gasteiger partial charge is 0.261 e. The SMILES string of the molecule is CCCCCCC(C)(C)c1ccc(C2=C3C(=O)N(C)C(c4ccc(-c5sc6ccc7c8ccc9c(ccc%10sc(C(C)(C)CCCCC)c(CCCC)c%109)c8ccc7c6c5CCCC)s4)=C3C(=O)N2C)s1. The lowest BCUT2D eigenvalue weighted by Gasteiger charge is -2.25. The number of hydrogen-bond acceptors (Lipinski definition) is 6. The molecule has 0 spiro atoms. The topological polar surface area (TPSA) is 40.6 Å². The zero-order valence-electron chi connectivity index (χ0n) is 43.9. The first-order valence-electron chi connectivity index (χ1n) is 26.8. The van der Waals surface area contributed by atoms with E-state index in [1.807, 2.05) is 25.4 Å². The molecular formula is C63H72N2O2S4. The molecule has 71 heavy (non-hydrogen) atoms. The van der Waals surface area contributed by atoms with Gasteiger partial charge in [-0.1, -0.05) is 150 Å². The zero-order valence-corrected chi connectivity index (χ0v) is 47.1. The molecule has 8 heteroatoms. The molecule has 0 saturated heterocycles. The first-order chi connectivity index (χ1) is 34.2. The highest BCUT2D eigenvalue weighted by molar-refractivity contribution is 7.26. The van der Waals surface area contributed by atoms with Crippen molar-refractivity contribution in [2.75, 3.05) is 14.1 Å². The number of fused-ring (bicyclic) bond motifs is 10. The van der Waals surface area contributed by atoms with Gasteiger partial charge >= 0.3 is 0 Å². The van der Waals surface area contributed by atoms with Gasteiger partial charge in [0.2, 0.25) is 0 Å². The third-order valence-corrected chi connectivity index (χ3v) is 21.4. The molecule has 0 atom stereocenters. The Hall–Kier alpha value is -4.60. The van der Waals surface area contributed by atoms with E-state index in [0.717, 1.165) is 53.3 Å². The predicted octanol–water partition coefficient (Wildman–Crippen LogP) is 19.2. The predicted molar refractivity (Wildman–Crippen MR) is 313 cm³/mol. The Morgan fingerprint density at radius 1 is 0.437 bits per heavy atom. The number of likely N-dealkylation sites (N-methyl/N-ethyl adjacent to an activating group) is 2. The molecule has 10 rings (SSSR count). The quantitative estimate of drug-likeness (QED) is 0.0564. The van der Waals surface area contributed by atoms with E-state index in [2.05, 4.69) is 140 Å². The van der Waals surface area contributed by atoms with Crippen molar-refractivity contribution in [2.45, 2.75) is 163 Å². The molecule has 0 bridgehead atoms. The summed E-state index contributed by atoms with van der Waals surface area (Å²) in [5.41, 5.74) is 5.74. The monoisotopic (exact) mass is 1020 g/mol. The average molecular weight is 1020 g/mol. The number of thiophene rings is 4. The Labute approximate surface area is 438 Å². The van der Waals surface area contributed by atoms with Crippen LogP contribution in [0.3, 0.4) is 0 Å². The van der Waals surface area contributed by atoms with Gasteiger partial charge in [0.1, 0.15) is 0 Å². The molecule has 4 aromatic carbocycles. The molecule has 0 fully saturated rings. The molecule has 0 saturated carbocycles. The molecule has 0 aliphatic carbocycles. The van der Waals surface area contributed by atoms with Gasteiger partial charge in [-0.3, -0.25) is 9.59 Å². The van der Waals surface area contributed by atoms with Gasteiger partial charge in [0, 0.05) is 53.8 Å². The second-order valence-corrected chi connectivity index (χ2v) is 26.1. The molecule has 0 unspecified atom stereocenters. The summed E-state index contributed by atoms with van der Waals surface area (Å²) in [5.74, 6) is -0.210. The van der Waals surface area contributed by atoms with Gasteiger partial charge < -0.3 is 9.80 Å². The fraction of sp³-hybridized carbons (Fsp3) is 0.429. The standard InChI is InChI=1S/C63H72N2O2S4/c1-11-15-19-21-36-62(5,6)51-35-34-49(69-51)57-55-54(60(66)65(57)10)56(64(9)61(55)67)48-32-33-50(68-48)58-44(22-17-13-3)52-42-26-24-39-38(40(42)28-30-46(52)70-58)25-27-43-41(39)29-31-47-53(43)45(23-18-14-4)59(71-47)63(7,8)37-20-16-12-2/h24-35H,11-23,36-37H2,1-10H3. The van der Waals surface area contributed by atoms with Gasteiger partial charge in [0.15, 0.2) is 0 Å². The van der Waals surface area contributed by atoms with E-state index in [-0.39, 0.29) is 22.6 Å². The summed E-state index contributed by atoms with van der Waals surface area (Å²) in [5, 5.41) is 10.9. The number of unbranched alkanes of at least 4 members (excludes halogenated alkanes) is 7. The Kier molecular flexibility index (Phi) is 14.1. The third-order valence-electron chi connectivity index (χ3n) is 15.9. The van der Waals surface area contributed by atoms with Gasteiger partial charge in [-0.2, -0.15) is 0 Å². The third kappa shape index (κ3) is 8.64. The summed E-state index contributed by atoms with van der Waals surface area (Å²) in [4.78, 5) is 39.5. The lowest BCUT2D eigenvalue weighted by atomic mass is 9.81. The van der Waals surface area contributed by atoms with Crippen molar-refractivity contribution in [1.82, 2.24) is 9.80 Å². The Bertz CT molecular complexity index is 3440. The summed E-state index contributed by atoms with van der Waals surface area (Å²) >= 11 is 7.39. The van der Waals surface area contributed by atoms with Crippen molar-refractivity contribution >= 4 is 121 Å². The highest BCUT2D eigenvalue weighted by Crippen LogP contribution is 2.52. The largest absolute Gasteiger partial charge is 0.309 e. The minimum absolute atomic E-state index is 0.0276. The normalized spacial score (nSPS) is 14.8. The van der Waals surface area contributed by atoms with Gasteiger partial charge in [-0.25, -0.2) is 0 Å². The summed E-state index contributed by atoms with van der Waals surface area (Å²) in [6.45, 7) is 18.8. The minimum Gasteiger partial charge on any atom is -0.309 e. The van der Waals surface area contributed by atoms with Crippen LogP contribution in [0.4, 0.5) is 0 Å². The maximum Gasteiger partial charge on any atom is 0.261 e. The van der Waals surface area contributed by atoms with Gasteiger partial charge in [-0.05, 0) is 129 Å². The number of nitrogens with zero attached hydrogens (tertiary/aromatic N) is 2. The van der Waals surface area contributed by atoms with Crippen LogP contribution in [-0.2, 0) is 33.3 Å². The lowest BCUT2D eigenvalue weighted by Crippen LogP contribution is -2.24. The minimum atomic E-state index is -0.105. The molecule has 0 radical (unpaired) electrons. The van der Waals surface area contributed by atoms with Crippen LogP contribution < -0.4 is 0 Å². The number of aryl methyl sites for hydroxylation is 2. The molecule has 4 nitrogen and oxygen atoms in total. The van der Waals surface area contributed by atoms with Crippen molar-refractivity contribution in [3.8, 4) is 9.75 Å². The fourth-order valence-corrected chi connectivity index (χ4v) is 17.0. The van der Waals surface area contributed by atoms with Gasteiger partial charge in [0.05, 0.1) is 32.3 Å². The van der Waals surface area contributed by atoms with E-state index in [1.54, 1.807) is 42.9 Å². The van der Waals surface area contributed by atoms with Crippen LogP contribution in [0.1, 0.15) is 169 Å². The average Bonchev–Trinajstić information content (AvgIpc) is 4.23. The second kappa shape index (κ2) is 20.0. The number of hydrogen-bond donors (Lipinski definition) is 0. The van der Waals surface area contributed by atoms with E-state index in [4.69, 9.17) is 0 Å². The second-order valence-electron chi connectivity index (χ2n) is 21.9. The Balaban J connectivity index is 1.05. The van der Waals surface area contributed by atoms with Crippen LogP contribution in [-0.4, -0.2) is 35.7 Å². The van der Waals surface area contributed by atoms with E-state index < -0.39 is 0 Å². The van der Waals surface area contributed by atoms with Crippen LogP contribution in [0.25, 0.3) is 73.6 Å². The molecule has 2 aliphatic rings. The molecule has 4 aromatic heterocycles.